The first-order valence-electron chi connectivity index (χ1n) is 8.69. The summed E-state index contributed by atoms with van der Waals surface area (Å²) >= 11 is 1.61. The van der Waals surface area contributed by atoms with Crippen LogP contribution in [-0.4, -0.2) is 46.2 Å². The molecule has 1 aliphatic heterocycles. The molecule has 3 rings (SSSR count). The van der Waals surface area contributed by atoms with Crippen molar-refractivity contribution in [3.8, 4) is 0 Å². The van der Waals surface area contributed by atoms with E-state index in [1.807, 2.05) is 17.3 Å². The van der Waals surface area contributed by atoms with Gasteiger partial charge in [-0.3, -0.25) is 4.79 Å². The Kier molecular flexibility index (Phi) is 6.14. The predicted molar refractivity (Wildman–Crippen MR) is 93.4 cm³/mol. The standard InChI is InChI=1S/C17H24N4O3S/c1-12-14(25-11-18-12)6-7-16(22)21-9-4-3-5-13(21)17-19-15(20-24-17)8-10-23-2/h11,13H,3-10H2,1-2H3/t13-/m0/s1. The zero-order chi connectivity index (χ0) is 17.6. The van der Waals surface area contributed by atoms with Gasteiger partial charge in [0.1, 0.15) is 6.04 Å². The molecule has 1 fully saturated rings. The van der Waals surface area contributed by atoms with Gasteiger partial charge in [-0.25, -0.2) is 4.98 Å². The lowest BCUT2D eigenvalue weighted by molar-refractivity contribution is -0.135. The summed E-state index contributed by atoms with van der Waals surface area (Å²) in [7, 11) is 1.65. The van der Waals surface area contributed by atoms with Gasteiger partial charge in [-0.2, -0.15) is 4.98 Å². The molecule has 0 radical (unpaired) electrons. The van der Waals surface area contributed by atoms with E-state index in [0.717, 1.165) is 37.9 Å². The van der Waals surface area contributed by atoms with Gasteiger partial charge >= 0.3 is 0 Å². The van der Waals surface area contributed by atoms with Crippen molar-refractivity contribution in [3.63, 3.8) is 0 Å². The second-order valence-corrected chi connectivity index (χ2v) is 7.19. The lowest BCUT2D eigenvalue weighted by atomic mass is 10.0. The first-order valence-corrected chi connectivity index (χ1v) is 9.57. The third-order valence-electron chi connectivity index (χ3n) is 4.53. The number of carbonyl (C=O) groups excluding carboxylic acids is 1. The Morgan fingerprint density at radius 2 is 2.32 bits per heavy atom. The van der Waals surface area contributed by atoms with Crippen LogP contribution in [0, 0.1) is 6.92 Å². The highest BCUT2D eigenvalue weighted by Crippen LogP contribution is 2.31. The minimum atomic E-state index is -0.104. The Bertz CT molecular complexity index is 700. The third-order valence-corrected chi connectivity index (χ3v) is 5.53. The summed E-state index contributed by atoms with van der Waals surface area (Å²) in [5, 5.41) is 4.01. The molecular formula is C17H24N4O3S. The summed E-state index contributed by atoms with van der Waals surface area (Å²) in [4.78, 5) is 24.6. The monoisotopic (exact) mass is 364 g/mol. The number of methoxy groups -OCH3 is 1. The molecule has 7 nitrogen and oxygen atoms in total. The van der Waals surface area contributed by atoms with Gasteiger partial charge in [0.15, 0.2) is 5.82 Å². The zero-order valence-corrected chi connectivity index (χ0v) is 15.5. The number of aryl methyl sites for hydroxylation is 2. The molecule has 136 valence electrons. The first kappa shape index (κ1) is 18.0. The summed E-state index contributed by atoms with van der Waals surface area (Å²) in [6, 6.07) is -0.104. The average Bonchev–Trinajstić information content (AvgIpc) is 3.27. The van der Waals surface area contributed by atoms with Crippen molar-refractivity contribution in [3.05, 3.63) is 27.8 Å². The van der Waals surface area contributed by atoms with Crippen LogP contribution in [0.15, 0.2) is 10.0 Å². The topological polar surface area (TPSA) is 81.4 Å². The minimum absolute atomic E-state index is 0.104. The van der Waals surface area contributed by atoms with Crippen LogP contribution in [0.25, 0.3) is 0 Å². The molecule has 0 bridgehead atoms. The van der Waals surface area contributed by atoms with E-state index in [1.165, 1.54) is 4.88 Å². The van der Waals surface area contributed by atoms with Crippen LogP contribution in [0.4, 0.5) is 0 Å². The second-order valence-electron chi connectivity index (χ2n) is 6.25. The normalized spacial score (nSPS) is 17.8. The van der Waals surface area contributed by atoms with Crippen LogP contribution in [0.2, 0.25) is 0 Å². The Balaban J connectivity index is 1.64. The van der Waals surface area contributed by atoms with E-state index in [1.54, 1.807) is 18.4 Å². The Hall–Kier alpha value is -1.80. The van der Waals surface area contributed by atoms with E-state index >= 15 is 0 Å². The number of nitrogens with zero attached hydrogens (tertiary/aromatic N) is 4. The van der Waals surface area contributed by atoms with E-state index in [-0.39, 0.29) is 11.9 Å². The fourth-order valence-corrected chi connectivity index (χ4v) is 3.90. The largest absolute Gasteiger partial charge is 0.384 e. The van der Waals surface area contributed by atoms with Gasteiger partial charge in [-0.1, -0.05) is 5.16 Å². The lowest BCUT2D eigenvalue weighted by Crippen LogP contribution is -2.38. The average molecular weight is 364 g/mol. The quantitative estimate of drug-likeness (QED) is 0.751. The van der Waals surface area contributed by atoms with Crippen molar-refractivity contribution in [2.45, 2.75) is 51.5 Å². The molecule has 1 atom stereocenters. The third kappa shape index (κ3) is 4.43. The van der Waals surface area contributed by atoms with Crippen LogP contribution in [0.5, 0.6) is 0 Å². The van der Waals surface area contributed by atoms with Gasteiger partial charge in [-0.05, 0) is 32.6 Å². The van der Waals surface area contributed by atoms with Crippen LogP contribution < -0.4 is 0 Å². The molecule has 0 unspecified atom stereocenters. The van der Waals surface area contributed by atoms with Gasteiger partial charge in [0, 0.05) is 31.4 Å². The number of hydrogen-bond acceptors (Lipinski definition) is 7. The summed E-state index contributed by atoms with van der Waals surface area (Å²) in [6.07, 6.45) is 4.80. The summed E-state index contributed by atoms with van der Waals surface area (Å²) in [5.74, 6) is 1.33. The molecule has 1 amide bonds. The maximum atomic E-state index is 12.8. The number of piperidine rings is 1. The highest BCUT2D eigenvalue weighted by atomic mass is 32.1. The number of amides is 1. The molecule has 1 saturated heterocycles. The number of hydrogen-bond donors (Lipinski definition) is 0. The van der Waals surface area contributed by atoms with Gasteiger partial charge in [0.2, 0.25) is 11.8 Å². The maximum Gasteiger partial charge on any atom is 0.249 e. The summed E-state index contributed by atoms with van der Waals surface area (Å²) in [6.45, 7) is 3.29. The molecule has 8 heteroatoms. The summed E-state index contributed by atoms with van der Waals surface area (Å²) in [5.41, 5.74) is 2.85. The number of rotatable bonds is 7. The molecule has 0 aromatic carbocycles. The van der Waals surface area contributed by atoms with Gasteiger partial charge in [0.05, 0.1) is 17.8 Å². The SMILES string of the molecule is COCCc1noc([C@@H]2CCCCN2C(=O)CCc2scnc2C)n1. The molecular weight excluding hydrogens is 340 g/mol. The molecule has 0 spiro atoms. The minimum Gasteiger partial charge on any atom is -0.384 e. The Morgan fingerprint density at radius 1 is 1.44 bits per heavy atom. The molecule has 0 N–H and O–H groups in total. The number of aromatic nitrogens is 3. The number of ether oxygens (including phenoxy) is 1. The number of thiazole rings is 1. The molecule has 0 aliphatic carbocycles. The smallest absolute Gasteiger partial charge is 0.249 e. The van der Waals surface area contributed by atoms with Crippen molar-refractivity contribution < 1.29 is 14.1 Å². The van der Waals surface area contributed by atoms with Gasteiger partial charge in [-0.15, -0.1) is 11.3 Å². The second kappa shape index (κ2) is 8.53. The van der Waals surface area contributed by atoms with Crippen molar-refractivity contribution in [1.82, 2.24) is 20.0 Å². The van der Waals surface area contributed by atoms with Crippen molar-refractivity contribution in [2.75, 3.05) is 20.3 Å². The number of likely N-dealkylation sites (tertiary alicyclic amines) is 1. The van der Waals surface area contributed by atoms with Crippen molar-refractivity contribution in [2.24, 2.45) is 0 Å². The molecule has 2 aromatic heterocycles. The van der Waals surface area contributed by atoms with E-state index in [0.29, 0.717) is 31.2 Å². The van der Waals surface area contributed by atoms with Gasteiger partial charge < -0.3 is 14.2 Å². The molecule has 25 heavy (non-hydrogen) atoms. The first-order chi connectivity index (χ1) is 12.2. The fourth-order valence-electron chi connectivity index (χ4n) is 3.11. The summed E-state index contributed by atoms with van der Waals surface area (Å²) < 4.78 is 10.5. The highest BCUT2D eigenvalue weighted by molar-refractivity contribution is 7.09. The van der Waals surface area contributed by atoms with Crippen LogP contribution >= 0.6 is 11.3 Å². The fraction of sp³-hybridized carbons (Fsp3) is 0.647. The van der Waals surface area contributed by atoms with E-state index in [4.69, 9.17) is 9.26 Å². The Labute approximate surface area is 151 Å². The molecule has 2 aromatic rings. The maximum absolute atomic E-state index is 12.8. The van der Waals surface area contributed by atoms with E-state index in [2.05, 4.69) is 15.1 Å². The Morgan fingerprint density at radius 3 is 3.08 bits per heavy atom. The molecule has 0 saturated carbocycles. The van der Waals surface area contributed by atoms with Gasteiger partial charge in [0.25, 0.3) is 0 Å². The van der Waals surface area contributed by atoms with E-state index in [9.17, 15) is 4.79 Å². The molecule has 3 heterocycles. The van der Waals surface area contributed by atoms with Crippen LogP contribution in [-0.2, 0) is 22.4 Å². The number of carbonyl (C=O) groups is 1. The highest BCUT2D eigenvalue weighted by Gasteiger charge is 2.31. The zero-order valence-electron chi connectivity index (χ0n) is 14.7. The van der Waals surface area contributed by atoms with Crippen LogP contribution in [0.3, 0.4) is 0 Å². The van der Waals surface area contributed by atoms with Crippen molar-refractivity contribution in [1.29, 1.82) is 0 Å². The predicted octanol–water partition coefficient (Wildman–Crippen LogP) is 2.71. The lowest BCUT2D eigenvalue weighted by Gasteiger charge is -2.33. The molecule has 1 aliphatic rings. The van der Waals surface area contributed by atoms with Crippen LogP contribution in [0.1, 0.15) is 54.0 Å². The van der Waals surface area contributed by atoms with E-state index < -0.39 is 0 Å². The van der Waals surface area contributed by atoms with Crippen molar-refractivity contribution >= 4 is 17.2 Å².